The van der Waals surface area contributed by atoms with Crippen molar-refractivity contribution >= 4 is 34.1 Å². The van der Waals surface area contributed by atoms with Gasteiger partial charge in [0.25, 0.3) is 34.1 Å². The molecule has 6 aromatic rings. The highest BCUT2D eigenvalue weighted by molar-refractivity contribution is 5.48. The second-order valence-corrected chi connectivity index (χ2v) is 15.1. The van der Waals surface area contributed by atoms with Gasteiger partial charge in [0.2, 0.25) is 0 Å². The van der Waals surface area contributed by atoms with Crippen LogP contribution in [-0.4, -0.2) is 49.1 Å². The minimum absolute atomic E-state index is 0.291. The van der Waals surface area contributed by atoms with Crippen LogP contribution >= 0.6 is 0 Å². The van der Waals surface area contributed by atoms with Gasteiger partial charge in [-0.1, -0.05) is 72.8 Å². The number of nitrogens with zero attached hydrogens (tertiary/aromatic N) is 10. The average molecular weight is 867 g/mol. The monoisotopic (exact) mass is 866 g/mol. The smallest absolute Gasteiger partial charge is 0.258 e. The van der Waals surface area contributed by atoms with Crippen LogP contribution in [0.5, 0.6) is 0 Å². The second-order valence-electron chi connectivity index (χ2n) is 15.1. The first-order chi connectivity index (χ1) is 30.7. The van der Waals surface area contributed by atoms with E-state index in [0.717, 1.165) is 0 Å². The summed E-state index contributed by atoms with van der Waals surface area (Å²) in [6, 6.07) is 34.1. The lowest BCUT2D eigenvalue weighted by Gasteiger charge is -2.75. The second kappa shape index (κ2) is 15.8. The molecule has 0 atom stereocenters. The van der Waals surface area contributed by atoms with Crippen molar-refractivity contribution in [3.05, 3.63) is 240 Å². The number of rotatable bonds is 12. The Bertz CT molecular complexity index is 2420. The normalized spacial score (nSPS) is 25.3. The lowest BCUT2D eigenvalue weighted by atomic mass is 9.85. The van der Waals surface area contributed by atoms with Gasteiger partial charge in [0.1, 0.15) is 0 Å². The first kappa shape index (κ1) is 40.9. The molecule has 10 rings (SSSR count). The number of nitro groups is 6. The van der Waals surface area contributed by atoms with Crippen LogP contribution in [-0.2, 0) is 0 Å². The summed E-state index contributed by atoms with van der Waals surface area (Å²) in [6.45, 7) is 0. The van der Waals surface area contributed by atoms with Crippen LogP contribution in [0.25, 0.3) is 0 Å². The molecule has 0 aromatic heterocycles. The van der Waals surface area contributed by atoms with E-state index in [-0.39, 0.29) is 34.1 Å². The minimum atomic E-state index is -1.15. The van der Waals surface area contributed by atoms with Crippen molar-refractivity contribution in [1.82, 2.24) is 19.6 Å². The summed E-state index contributed by atoms with van der Waals surface area (Å²) in [7, 11) is 0. The van der Waals surface area contributed by atoms with Gasteiger partial charge >= 0.3 is 0 Å². The highest BCUT2D eigenvalue weighted by atomic mass is 16.6. The summed E-state index contributed by atoms with van der Waals surface area (Å²) >= 11 is 0. The van der Waals surface area contributed by atoms with Crippen molar-refractivity contribution in [2.45, 2.75) is 37.0 Å². The molecule has 22 nitrogen and oxygen atoms in total. The Balaban J connectivity index is 1.47. The zero-order valence-electron chi connectivity index (χ0n) is 32.7. The molecule has 22 heteroatoms. The maximum absolute atomic E-state index is 12.4. The van der Waals surface area contributed by atoms with E-state index < -0.39 is 66.5 Å². The third kappa shape index (κ3) is 6.80. The molecule has 0 unspecified atom stereocenters. The Labute approximate surface area is 359 Å². The Morgan fingerprint density at radius 3 is 0.531 bits per heavy atom. The number of nitro benzene ring substituents is 6. The lowest BCUT2D eigenvalue weighted by Crippen LogP contribution is -2.76. The molecule has 0 aliphatic carbocycles. The SMILES string of the molecule is O=[N+]([O-])c1cccc(C2N3C(c4cccc([N+](=O)[O-])c4)N4C(c5cccc([N+](=O)[O-])c5)N2C(c2cccc([N+](=O)[O-])c2)N(C3c2cccc([N+](=O)[O-])c2)C4c2cccc([N+](=O)[O-])c2)c1. The molecule has 4 bridgehead atoms. The first-order valence-corrected chi connectivity index (χ1v) is 19.3. The van der Waals surface area contributed by atoms with Gasteiger partial charge in [-0.05, 0) is 33.4 Å². The van der Waals surface area contributed by atoms with E-state index in [4.69, 9.17) is 0 Å². The molecule has 0 spiro atoms. The highest BCUT2D eigenvalue weighted by Crippen LogP contribution is 2.69. The third-order valence-corrected chi connectivity index (χ3v) is 11.7. The fraction of sp³-hybridized carbons (Fsp3) is 0.143. The molecule has 4 heterocycles. The van der Waals surface area contributed by atoms with Gasteiger partial charge in [-0.2, -0.15) is 0 Å². The molecule has 320 valence electrons. The van der Waals surface area contributed by atoms with Gasteiger partial charge in [-0.15, -0.1) is 0 Å². The first-order valence-electron chi connectivity index (χ1n) is 19.3. The molecule has 64 heavy (non-hydrogen) atoms. The summed E-state index contributed by atoms with van der Waals surface area (Å²) in [5.74, 6) is 0. The van der Waals surface area contributed by atoms with E-state index in [1.165, 1.54) is 109 Å². The number of benzene rings is 6. The van der Waals surface area contributed by atoms with Crippen molar-refractivity contribution in [3.8, 4) is 0 Å². The molecule has 0 amide bonds. The number of hydrogen-bond donors (Lipinski definition) is 0. The summed E-state index contributed by atoms with van der Waals surface area (Å²) in [5, 5.41) is 74.5. The van der Waals surface area contributed by atoms with Crippen molar-refractivity contribution in [1.29, 1.82) is 0 Å². The average Bonchev–Trinajstić information content (AvgIpc) is 3.29. The summed E-state index contributed by atoms with van der Waals surface area (Å²) < 4.78 is 0. The van der Waals surface area contributed by atoms with E-state index in [1.54, 1.807) is 36.4 Å². The van der Waals surface area contributed by atoms with Crippen LogP contribution in [0, 0.1) is 60.7 Å². The van der Waals surface area contributed by atoms with Gasteiger partial charge in [-0.3, -0.25) is 60.7 Å². The van der Waals surface area contributed by atoms with E-state index >= 15 is 0 Å². The Morgan fingerprint density at radius 2 is 0.406 bits per heavy atom. The van der Waals surface area contributed by atoms with Gasteiger partial charge in [0, 0.05) is 72.8 Å². The lowest BCUT2D eigenvalue weighted by molar-refractivity contribution is -0.395. The Kier molecular flexibility index (Phi) is 10.1. The number of hydrogen-bond acceptors (Lipinski definition) is 16. The zero-order chi connectivity index (χ0) is 45.1. The molecule has 0 saturated carbocycles. The predicted octanol–water partition coefficient (Wildman–Crippen LogP) is 8.88. The largest absolute Gasteiger partial charge is 0.269 e. The maximum atomic E-state index is 12.4. The van der Waals surface area contributed by atoms with Crippen LogP contribution < -0.4 is 0 Å². The Hall–Kier alpha value is -8.44. The van der Waals surface area contributed by atoms with Crippen molar-refractivity contribution < 1.29 is 29.5 Å². The maximum Gasteiger partial charge on any atom is 0.269 e. The predicted molar refractivity (Wildman–Crippen MR) is 222 cm³/mol. The molecule has 0 radical (unpaired) electrons. The van der Waals surface area contributed by atoms with Gasteiger partial charge in [-0.25, -0.2) is 19.6 Å². The molecule has 6 aromatic carbocycles. The van der Waals surface area contributed by atoms with Gasteiger partial charge < -0.3 is 0 Å². The van der Waals surface area contributed by atoms with Crippen molar-refractivity contribution in [3.63, 3.8) is 0 Å². The third-order valence-electron chi connectivity index (χ3n) is 11.7. The standard InChI is InChI=1S/C42H30N10O12/c53-47(54)31-13-1-7-25(19-31)37-43-38(26-8-2-14-32(20-26)48(55)56)45-40(28-10-4-16-34(22-28)50(59)60)44(37)41(29-11-5-17-35(23-29)51(61)62)46(39(43)27-9-3-15-33(21-27)49(57)58)42(45)30-12-6-18-36(24-30)52(63)64/h1-24,37-42H. The fourth-order valence-electron chi connectivity index (χ4n) is 9.39. The summed E-state index contributed by atoms with van der Waals surface area (Å²) in [5.41, 5.74) is -0.164. The molecule has 4 aliphatic rings. The zero-order valence-corrected chi connectivity index (χ0v) is 32.7. The Morgan fingerprint density at radius 1 is 0.266 bits per heavy atom. The van der Waals surface area contributed by atoms with E-state index in [2.05, 4.69) is 0 Å². The topological polar surface area (TPSA) is 272 Å². The van der Waals surface area contributed by atoms with Crippen molar-refractivity contribution in [2.75, 3.05) is 0 Å². The van der Waals surface area contributed by atoms with Crippen LogP contribution in [0.3, 0.4) is 0 Å². The molecule has 0 N–H and O–H groups in total. The van der Waals surface area contributed by atoms with E-state index in [0.29, 0.717) is 33.4 Å². The molecular weight excluding hydrogens is 837 g/mol. The summed E-state index contributed by atoms with van der Waals surface area (Å²) in [6.07, 6.45) is -6.91. The van der Waals surface area contributed by atoms with Crippen LogP contribution in [0.1, 0.15) is 70.4 Å². The molecule has 4 fully saturated rings. The number of non-ortho nitro benzene ring substituents is 6. The highest BCUT2D eigenvalue weighted by Gasteiger charge is 2.67. The van der Waals surface area contributed by atoms with Gasteiger partial charge in [0.05, 0.1) is 66.5 Å². The molecule has 4 aliphatic heterocycles. The minimum Gasteiger partial charge on any atom is -0.258 e. The quantitative estimate of drug-likeness (QED) is 0.0820. The molecule has 4 saturated heterocycles. The summed E-state index contributed by atoms with van der Waals surface area (Å²) in [4.78, 5) is 78.4. The van der Waals surface area contributed by atoms with Gasteiger partial charge in [0.15, 0.2) is 0 Å². The van der Waals surface area contributed by atoms with Crippen LogP contribution in [0.2, 0.25) is 0 Å². The molecular formula is C42H30N10O12. The van der Waals surface area contributed by atoms with E-state index in [9.17, 15) is 60.7 Å². The van der Waals surface area contributed by atoms with E-state index in [1.807, 2.05) is 19.6 Å². The van der Waals surface area contributed by atoms with Crippen LogP contribution in [0.15, 0.2) is 146 Å². The van der Waals surface area contributed by atoms with Crippen LogP contribution in [0.4, 0.5) is 34.1 Å². The van der Waals surface area contributed by atoms with Crippen molar-refractivity contribution in [2.24, 2.45) is 0 Å². The fourth-order valence-corrected chi connectivity index (χ4v) is 9.39.